The van der Waals surface area contributed by atoms with Crippen LogP contribution in [0.2, 0.25) is 0 Å². The highest BCUT2D eigenvalue weighted by Gasteiger charge is 2.57. The van der Waals surface area contributed by atoms with Crippen molar-refractivity contribution in [3.05, 3.63) is 83.5 Å². The average molecular weight is 812 g/mol. The molecule has 5 aliphatic carbocycles. The maximum absolute atomic E-state index is 13.6. The molecule has 0 spiro atoms. The summed E-state index contributed by atoms with van der Waals surface area (Å²) < 4.78 is 16.4. The Hall–Kier alpha value is -4.27. The second-order valence-corrected chi connectivity index (χ2v) is 17.8. The van der Waals surface area contributed by atoms with E-state index in [9.17, 15) is 24.0 Å². The Morgan fingerprint density at radius 3 is 2.47 bits per heavy atom. The Kier molecular flexibility index (Phi) is 16.9. The molecule has 1 aromatic carbocycles. The number of aryl methyl sites for hydroxylation is 1. The summed E-state index contributed by atoms with van der Waals surface area (Å²) in [6, 6.07) is 10.1. The summed E-state index contributed by atoms with van der Waals surface area (Å²) >= 11 is 0. The summed E-state index contributed by atoms with van der Waals surface area (Å²) in [4.78, 5) is 62.3. The zero-order valence-corrected chi connectivity index (χ0v) is 36.3. The molecule has 9 heteroatoms. The van der Waals surface area contributed by atoms with E-state index in [2.05, 4.69) is 37.4 Å². The fourth-order valence-corrected chi connectivity index (χ4v) is 10.5. The molecule has 5 aliphatic rings. The molecule has 59 heavy (non-hydrogen) atoms. The molecule has 322 valence electrons. The summed E-state index contributed by atoms with van der Waals surface area (Å²) in [5, 5.41) is 2.76. The number of hydrogen-bond acceptors (Lipinski definition) is 8. The number of ketones is 2. The number of carbonyl (C=O) groups excluding carboxylic acids is 5. The van der Waals surface area contributed by atoms with Crippen LogP contribution >= 0.6 is 0 Å². The minimum atomic E-state index is -1.20. The first-order chi connectivity index (χ1) is 28.4. The van der Waals surface area contributed by atoms with Crippen LogP contribution in [0.5, 0.6) is 0 Å². The van der Waals surface area contributed by atoms with Gasteiger partial charge in [0, 0.05) is 30.7 Å². The Morgan fingerprint density at radius 1 is 0.983 bits per heavy atom. The molecule has 1 N–H and O–H groups in total. The van der Waals surface area contributed by atoms with Gasteiger partial charge in [-0.25, -0.2) is 9.59 Å². The van der Waals surface area contributed by atoms with Crippen molar-refractivity contribution >= 4 is 29.6 Å². The molecule has 3 fully saturated rings. The normalized spacial score (nSPS) is 27.3. The molecule has 0 aliphatic heterocycles. The van der Waals surface area contributed by atoms with Crippen molar-refractivity contribution in [2.75, 3.05) is 13.2 Å². The maximum Gasteiger partial charge on any atom is 0.509 e. The molecule has 1 aromatic rings. The molecule has 6 rings (SSSR count). The number of fused-ring (bicyclic) bond motifs is 5. The van der Waals surface area contributed by atoms with Gasteiger partial charge in [-0.3, -0.25) is 14.4 Å². The molecule has 9 nitrogen and oxygen atoms in total. The number of rotatable bonds is 16. The first-order valence-electron chi connectivity index (χ1n) is 22.5. The van der Waals surface area contributed by atoms with Gasteiger partial charge in [-0.15, -0.1) is 0 Å². The van der Waals surface area contributed by atoms with Crippen LogP contribution in [0.25, 0.3) is 0 Å². The van der Waals surface area contributed by atoms with Crippen LogP contribution in [0.4, 0.5) is 4.79 Å². The van der Waals surface area contributed by atoms with E-state index in [-0.39, 0.29) is 40.8 Å². The fourth-order valence-electron chi connectivity index (χ4n) is 10.5. The van der Waals surface area contributed by atoms with Crippen LogP contribution in [0.15, 0.2) is 77.9 Å². The van der Waals surface area contributed by atoms with E-state index < -0.39 is 24.3 Å². The zero-order valence-electron chi connectivity index (χ0n) is 36.3. The molecule has 0 bridgehead atoms. The van der Waals surface area contributed by atoms with Crippen molar-refractivity contribution in [1.82, 2.24) is 5.32 Å². The van der Waals surface area contributed by atoms with Crippen molar-refractivity contribution in [2.24, 2.45) is 34.5 Å². The second-order valence-electron chi connectivity index (χ2n) is 17.8. The van der Waals surface area contributed by atoms with Crippen molar-refractivity contribution in [2.45, 2.75) is 150 Å². The number of hydrogen-bond donors (Lipinski definition) is 1. The summed E-state index contributed by atoms with van der Waals surface area (Å²) in [5.74, 6) is 0.717. The standard InChI is InChI=1S/C41H52O7.C9H17NO/c1-27(47-39(45)48-32(17-14-29-11-7-8-12-29)16-13-28-9-5-4-6-10-28)38(44)46-26-37(43)36-20-19-34-33-18-15-30-25-31(42)21-23-40(30,2)35(33)22-24-41(34,36)3;1-3-5-6-7-8-9(11)10-4-2/h4-6,9-10,14,17,22,25,27,29,32-34,36H,7-8,11-13,15-16,18-21,23-24,26H2,1-3H3;3,5H,4,6-8H2,1-2H3,(H,10,11)/b17-14+;5-3-/t27-,32+,33?,34?,36?,40?,41?;/m1./s1. The van der Waals surface area contributed by atoms with Gasteiger partial charge in [-0.1, -0.05) is 92.5 Å². The molecule has 5 unspecified atom stereocenters. The van der Waals surface area contributed by atoms with Crippen LogP contribution in [0, 0.1) is 34.5 Å². The number of nitrogens with one attached hydrogen (secondary N) is 1. The van der Waals surface area contributed by atoms with Gasteiger partial charge in [-0.05, 0) is 139 Å². The minimum Gasteiger partial charge on any atom is -0.455 e. The third-order valence-corrected chi connectivity index (χ3v) is 13.9. The first kappa shape index (κ1) is 45.8. The molecular weight excluding hydrogens is 743 g/mol. The van der Waals surface area contributed by atoms with Gasteiger partial charge in [0.2, 0.25) is 5.91 Å². The van der Waals surface area contributed by atoms with E-state index in [4.69, 9.17) is 14.2 Å². The van der Waals surface area contributed by atoms with E-state index in [1.807, 2.05) is 62.4 Å². The van der Waals surface area contributed by atoms with Crippen LogP contribution in [0.3, 0.4) is 0 Å². The monoisotopic (exact) mass is 812 g/mol. The van der Waals surface area contributed by atoms with E-state index in [1.54, 1.807) is 0 Å². The van der Waals surface area contributed by atoms with Crippen LogP contribution in [-0.2, 0) is 39.8 Å². The number of amides is 1. The largest absolute Gasteiger partial charge is 0.509 e. The van der Waals surface area contributed by atoms with Gasteiger partial charge in [0.15, 0.2) is 17.7 Å². The zero-order chi connectivity index (χ0) is 42.4. The first-order valence-corrected chi connectivity index (χ1v) is 22.5. The molecule has 0 saturated heterocycles. The van der Waals surface area contributed by atoms with E-state index in [1.165, 1.54) is 30.9 Å². The van der Waals surface area contributed by atoms with E-state index in [0.717, 1.165) is 82.7 Å². The highest BCUT2D eigenvalue weighted by atomic mass is 16.7. The van der Waals surface area contributed by atoms with E-state index in [0.29, 0.717) is 37.0 Å². The van der Waals surface area contributed by atoms with E-state index >= 15 is 0 Å². The number of ether oxygens (including phenoxy) is 3. The Morgan fingerprint density at radius 2 is 1.75 bits per heavy atom. The molecule has 0 aromatic heterocycles. The predicted octanol–water partition coefficient (Wildman–Crippen LogP) is 10.3. The number of unbranched alkanes of at least 4 members (excludes halogenated alkanes) is 1. The fraction of sp³-hybridized carbons (Fsp3) is 0.620. The highest BCUT2D eigenvalue weighted by Crippen LogP contribution is 2.64. The average Bonchev–Trinajstić information content (AvgIpc) is 3.88. The van der Waals surface area contributed by atoms with Gasteiger partial charge < -0.3 is 19.5 Å². The molecule has 1 amide bonds. The molecule has 7 atom stereocenters. The third kappa shape index (κ3) is 12.2. The summed E-state index contributed by atoms with van der Waals surface area (Å²) in [5.41, 5.74) is 3.69. The number of allylic oxidation sites excluding steroid dienone is 7. The smallest absolute Gasteiger partial charge is 0.455 e. The van der Waals surface area contributed by atoms with Gasteiger partial charge >= 0.3 is 12.1 Å². The highest BCUT2D eigenvalue weighted by molar-refractivity contribution is 5.92. The quantitative estimate of drug-likeness (QED) is 0.0994. The van der Waals surface area contributed by atoms with Crippen molar-refractivity contribution in [3.8, 4) is 0 Å². The number of benzene rings is 1. The second kappa shape index (κ2) is 21.8. The van der Waals surface area contributed by atoms with Crippen LogP contribution < -0.4 is 5.32 Å². The lowest BCUT2D eigenvalue weighted by Crippen LogP contribution is -2.46. The molecule has 0 radical (unpaired) electrons. The van der Waals surface area contributed by atoms with Crippen LogP contribution in [-0.4, -0.2) is 55.0 Å². The lowest BCUT2D eigenvalue weighted by Gasteiger charge is -2.53. The molecular formula is C50H69NO8. The lowest BCUT2D eigenvalue weighted by atomic mass is 9.51. The summed E-state index contributed by atoms with van der Waals surface area (Å²) in [6.45, 7) is 10.3. The van der Waals surface area contributed by atoms with Gasteiger partial charge in [0.1, 0.15) is 12.7 Å². The topological polar surface area (TPSA) is 125 Å². The summed E-state index contributed by atoms with van der Waals surface area (Å²) in [7, 11) is 0. The lowest BCUT2D eigenvalue weighted by molar-refractivity contribution is -0.158. The number of Topliss-reactive ketones (excluding diaryl/α,β-unsaturated/α-hetero) is 1. The molecule has 0 heterocycles. The van der Waals surface area contributed by atoms with Crippen molar-refractivity contribution < 1.29 is 38.2 Å². The summed E-state index contributed by atoms with van der Waals surface area (Å²) in [6.07, 6.45) is 24.6. The third-order valence-electron chi connectivity index (χ3n) is 13.9. The van der Waals surface area contributed by atoms with Gasteiger partial charge in [0.05, 0.1) is 0 Å². The van der Waals surface area contributed by atoms with Crippen molar-refractivity contribution in [1.29, 1.82) is 0 Å². The number of carbonyl (C=O) groups is 5. The van der Waals surface area contributed by atoms with Gasteiger partial charge in [-0.2, -0.15) is 0 Å². The van der Waals surface area contributed by atoms with Gasteiger partial charge in [0.25, 0.3) is 0 Å². The van der Waals surface area contributed by atoms with Crippen LogP contribution in [0.1, 0.15) is 136 Å². The maximum atomic E-state index is 13.6. The number of esters is 1. The minimum absolute atomic E-state index is 0.0405. The van der Waals surface area contributed by atoms with Crippen molar-refractivity contribution in [3.63, 3.8) is 0 Å². The Bertz CT molecular complexity index is 1740. The Balaban J connectivity index is 0.000000528. The predicted molar refractivity (Wildman–Crippen MR) is 230 cm³/mol. The Labute approximate surface area is 352 Å². The molecule has 3 saturated carbocycles. The SMILES string of the molecule is C/C=C\CCCC(=O)NCC.C[C@@H](OC(=O)O[C@H](/C=C/C1CCCC1)CCc1ccccc1)C(=O)OCC(=O)C1CCC2C3CCC4=CC(=O)CCC4(C)C3=CCC12C.